The Labute approximate surface area is 146 Å². The van der Waals surface area contributed by atoms with Crippen LogP contribution in [0.15, 0.2) is 29.3 Å². The Kier molecular flexibility index (Phi) is 3.59. The minimum absolute atomic E-state index is 0.206. The lowest BCUT2D eigenvalue weighted by molar-refractivity contribution is -0.535. The highest BCUT2D eigenvalue weighted by Gasteiger charge is 2.52. The number of fused-ring (bicyclic) bond motifs is 2. The Morgan fingerprint density at radius 1 is 1.08 bits per heavy atom. The summed E-state index contributed by atoms with van der Waals surface area (Å²) in [5, 5.41) is 0. The van der Waals surface area contributed by atoms with E-state index in [2.05, 4.69) is 36.1 Å². The fraction of sp³-hybridized carbons (Fsp3) is 0.444. The van der Waals surface area contributed by atoms with Gasteiger partial charge in [0.15, 0.2) is 0 Å². The molecule has 0 saturated carbocycles. The van der Waals surface area contributed by atoms with Gasteiger partial charge in [-0.25, -0.2) is 14.3 Å². The number of guanidine groups is 1. The van der Waals surface area contributed by atoms with Crippen molar-refractivity contribution in [3.8, 4) is 0 Å². The van der Waals surface area contributed by atoms with Crippen molar-refractivity contribution in [3.05, 3.63) is 29.8 Å². The molecular formula is C18H22N5O2+. The third-order valence-corrected chi connectivity index (χ3v) is 5.13. The van der Waals surface area contributed by atoms with Gasteiger partial charge in [-0.05, 0) is 31.9 Å². The summed E-state index contributed by atoms with van der Waals surface area (Å²) in [4.78, 5) is 34.6. The van der Waals surface area contributed by atoms with Crippen molar-refractivity contribution < 1.29 is 14.2 Å². The van der Waals surface area contributed by atoms with Crippen LogP contribution >= 0.6 is 0 Å². The Hall–Kier alpha value is -2.70. The van der Waals surface area contributed by atoms with E-state index < -0.39 is 6.04 Å². The first kappa shape index (κ1) is 15.8. The average Bonchev–Trinajstić information content (AvgIpc) is 2.87. The molecule has 0 N–H and O–H groups in total. The molecule has 0 aliphatic carbocycles. The van der Waals surface area contributed by atoms with E-state index in [-0.39, 0.29) is 11.9 Å². The van der Waals surface area contributed by atoms with E-state index >= 15 is 0 Å². The van der Waals surface area contributed by atoms with Crippen molar-refractivity contribution in [2.45, 2.75) is 25.8 Å². The van der Waals surface area contributed by atoms with Gasteiger partial charge in [-0.1, -0.05) is 22.7 Å². The van der Waals surface area contributed by atoms with Crippen molar-refractivity contribution in [2.75, 3.05) is 32.1 Å². The largest absolute Gasteiger partial charge is 0.397 e. The van der Waals surface area contributed by atoms with Crippen LogP contribution in [0.25, 0.3) is 0 Å². The molecule has 7 nitrogen and oxygen atoms in total. The second kappa shape index (κ2) is 5.68. The maximum atomic E-state index is 12.7. The van der Waals surface area contributed by atoms with Gasteiger partial charge in [-0.3, -0.25) is 14.6 Å². The molecule has 1 atom stereocenters. The number of carbonyl (C=O) groups is 2. The van der Waals surface area contributed by atoms with Gasteiger partial charge >= 0.3 is 12.0 Å². The van der Waals surface area contributed by atoms with Crippen LogP contribution in [0.5, 0.6) is 0 Å². The van der Waals surface area contributed by atoms with Crippen LogP contribution in [0.2, 0.25) is 0 Å². The van der Waals surface area contributed by atoms with E-state index in [1.165, 1.54) is 22.4 Å². The second-order valence-electron chi connectivity index (χ2n) is 6.80. The van der Waals surface area contributed by atoms with Crippen molar-refractivity contribution >= 4 is 29.4 Å². The van der Waals surface area contributed by atoms with E-state index in [4.69, 9.17) is 4.99 Å². The topological polar surface area (TPSA) is 59.2 Å². The number of aryl methyl sites for hydroxylation is 1. The number of nitrogens with zero attached hydrogens (tertiary/aromatic N) is 5. The Balaban J connectivity index is 1.81. The number of imide groups is 1. The number of amides is 3. The molecule has 1 saturated heterocycles. The number of likely N-dealkylation sites (N-methyl/N-ethyl adjacent to an activating group) is 2. The molecule has 1 fully saturated rings. The number of amidine groups is 1. The summed E-state index contributed by atoms with van der Waals surface area (Å²) >= 11 is 0. The molecule has 0 radical (unpaired) electrons. The molecule has 7 heteroatoms. The zero-order valence-corrected chi connectivity index (χ0v) is 14.8. The summed E-state index contributed by atoms with van der Waals surface area (Å²) in [6, 6.07) is 7.48. The number of rotatable bonds is 1. The highest BCUT2D eigenvalue weighted by Crippen LogP contribution is 2.25. The molecule has 1 aromatic carbocycles. The summed E-state index contributed by atoms with van der Waals surface area (Å²) in [7, 11) is 3.21. The van der Waals surface area contributed by atoms with Gasteiger partial charge in [0.25, 0.3) is 5.91 Å². The first-order chi connectivity index (χ1) is 12.0. The number of aliphatic imine (C=N–C) groups is 1. The summed E-state index contributed by atoms with van der Waals surface area (Å²) in [5.41, 5.74) is 2.26. The van der Waals surface area contributed by atoms with E-state index in [0.717, 1.165) is 37.6 Å². The number of hydrogen-bond acceptors (Lipinski definition) is 4. The van der Waals surface area contributed by atoms with Crippen LogP contribution in [0, 0.1) is 6.92 Å². The molecule has 25 heavy (non-hydrogen) atoms. The molecule has 3 amide bonds. The van der Waals surface area contributed by atoms with Crippen LogP contribution in [0.3, 0.4) is 0 Å². The SMILES string of the molecule is Cc1ccc(N2CCCC[N+]3=C2N=C2C3C(=O)N(C)C(=O)N2C)cc1. The average molecular weight is 340 g/mol. The standard InChI is InChI=1S/C18H22N5O2/c1-12-6-8-13(9-7-12)22-10-4-5-11-23-14-15(19-17(22)23)20(2)18(25)21(3)16(14)24/h6-9,14H,4-5,10-11H2,1-3H3/q+1. The molecule has 130 valence electrons. The number of carbonyl (C=O) groups excluding carboxylic acids is 2. The highest BCUT2D eigenvalue weighted by molar-refractivity contribution is 6.23. The van der Waals surface area contributed by atoms with Gasteiger partial charge in [0, 0.05) is 14.1 Å². The Morgan fingerprint density at radius 3 is 2.52 bits per heavy atom. The fourth-order valence-corrected chi connectivity index (χ4v) is 3.65. The maximum absolute atomic E-state index is 12.7. The van der Waals surface area contributed by atoms with Crippen LogP contribution in [-0.4, -0.2) is 71.3 Å². The van der Waals surface area contributed by atoms with E-state index in [9.17, 15) is 9.59 Å². The van der Waals surface area contributed by atoms with E-state index in [1.807, 2.05) is 4.58 Å². The van der Waals surface area contributed by atoms with Crippen molar-refractivity contribution in [2.24, 2.45) is 4.99 Å². The van der Waals surface area contributed by atoms with Crippen LogP contribution in [0.4, 0.5) is 10.5 Å². The minimum Gasteiger partial charge on any atom is -0.270 e. The molecular weight excluding hydrogens is 318 g/mol. The Bertz CT molecular complexity index is 811. The molecule has 3 aliphatic heterocycles. The lowest BCUT2D eigenvalue weighted by Gasteiger charge is -2.31. The quantitative estimate of drug-likeness (QED) is 0.724. The third kappa shape index (κ3) is 2.33. The van der Waals surface area contributed by atoms with Gasteiger partial charge in [0.05, 0.1) is 13.1 Å². The minimum atomic E-state index is -0.506. The van der Waals surface area contributed by atoms with E-state index in [0.29, 0.717) is 5.84 Å². The van der Waals surface area contributed by atoms with Crippen molar-refractivity contribution in [1.82, 2.24) is 9.80 Å². The smallest absolute Gasteiger partial charge is 0.270 e. The van der Waals surface area contributed by atoms with Gasteiger partial charge in [0.1, 0.15) is 5.69 Å². The second-order valence-corrected chi connectivity index (χ2v) is 6.80. The lowest BCUT2D eigenvalue weighted by Crippen LogP contribution is -2.61. The summed E-state index contributed by atoms with van der Waals surface area (Å²) in [6.45, 7) is 3.67. The van der Waals surface area contributed by atoms with Gasteiger partial charge in [-0.2, -0.15) is 0 Å². The number of benzene rings is 1. The zero-order valence-electron chi connectivity index (χ0n) is 14.8. The van der Waals surface area contributed by atoms with Gasteiger partial charge in [0.2, 0.25) is 11.9 Å². The molecule has 0 bridgehead atoms. The molecule has 3 aliphatic rings. The molecule has 1 aromatic rings. The maximum Gasteiger partial charge on any atom is 0.397 e. The first-order valence-electron chi connectivity index (χ1n) is 8.60. The predicted molar refractivity (Wildman–Crippen MR) is 95.0 cm³/mol. The van der Waals surface area contributed by atoms with Crippen molar-refractivity contribution in [1.29, 1.82) is 0 Å². The van der Waals surface area contributed by atoms with Gasteiger partial charge < -0.3 is 0 Å². The van der Waals surface area contributed by atoms with Crippen LogP contribution < -0.4 is 4.90 Å². The van der Waals surface area contributed by atoms with E-state index in [1.54, 1.807) is 7.05 Å². The summed E-state index contributed by atoms with van der Waals surface area (Å²) in [5.74, 6) is 1.09. The third-order valence-electron chi connectivity index (χ3n) is 5.13. The predicted octanol–water partition coefficient (Wildman–Crippen LogP) is 1.27. The summed E-state index contributed by atoms with van der Waals surface area (Å²) < 4.78 is 2.05. The fourth-order valence-electron chi connectivity index (χ4n) is 3.65. The molecule has 4 rings (SSSR count). The van der Waals surface area contributed by atoms with Crippen LogP contribution in [-0.2, 0) is 4.79 Å². The molecule has 0 spiro atoms. The van der Waals surface area contributed by atoms with Crippen molar-refractivity contribution in [3.63, 3.8) is 0 Å². The number of anilines is 1. The molecule has 0 aromatic heterocycles. The lowest BCUT2D eigenvalue weighted by atomic mass is 10.1. The van der Waals surface area contributed by atoms with Gasteiger partial charge in [-0.15, -0.1) is 0 Å². The zero-order chi connectivity index (χ0) is 17.7. The Morgan fingerprint density at radius 2 is 1.80 bits per heavy atom. The summed E-state index contributed by atoms with van der Waals surface area (Å²) in [6.07, 6.45) is 2.02. The monoisotopic (exact) mass is 340 g/mol. The first-order valence-corrected chi connectivity index (χ1v) is 8.60. The highest BCUT2D eigenvalue weighted by atomic mass is 16.2. The molecule has 1 unspecified atom stereocenters. The molecule has 3 heterocycles. The normalized spacial score (nSPS) is 23.6. The number of hydrogen-bond donors (Lipinski definition) is 0. The van der Waals surface area contributed by atoms with Crippen LogP contribution in [0.1, 0.15) is 18.4 Å². The number of urea groups is 1.